The predicted octanol–water partition coefficient (Wildman–Crippen LogP) is 0.891. The molecule has 5 nitrogen and oxygen atoms in total. The van der Waals surface area contributed by atoms with Crippen molar-refractivity contribution in [2.75, 3.05) is 5.75 Å². The molecule has 2 atom stereocenters. The maximum atomic E-state index is 10.7. The molecule has 2 unspecified atom stereocenters. The van der Waals surface area contributed by atoms with Gasteiger partial charge in [-0.15, -0.1) is 0 Å². The fourth-order valence-corrected chi connectivity index (χ4v) is 2.02. The second-order valence-corrected chi connectivity index (χ2v) is 4.92. The van der Waals surface area contributed by atoms with Crippen LogP contribution in [0.2, 0.25) is 0 Å². The summed E-state index contributed by atoms with van der Waals surface area (Å²) in [7, 11) is 0. The first-order valence-corrected chi connectivity index (χ1v) is 6.16. The molecule has 1 aromatic heterocycles. The number of aliphatic hydroxyl groups excluding tert-OH is 2. The van der Waals surface area contributed by atoms with Crippen LogP contribution in [0.15, 0.2) is 12.3 Å². The van der Waals surface area contributed by atoms with Crippen LogP contribution in [0.25, 0.3) is 0 Å². The van der Waals surface area contributed by atoms with E-state index in [0.29, 0.717) is 29.7 Å². The van der Waals surface area contributed by atoms with Gasteiger partial charge in [0.2, 0.25) is 0 Å². The highest BCUT2D eigenvalue weighted by Gasteiger charge is 2.19. The fourth-order valence-electron chi connectivity index (χ4n) is 1.37. The lowest BCUT2D eigenvalue weighted by Gasteiger charge is -2.16. The number of aliphatic hydroxyl groups is 2. The third-order valence-corrected chi connectivity index (χ3v) is 3.13. The molecule has 1 heterocycles. The quantitative estimate of drug-likeness (QED) is 0.658. The van der Waals surface area contributed by atoms with E-state index < -0.39 is 12.2 Å². The average Bonchev–Trinajstić information content (AvgIpc) is 2.75. The van der Waals surface area contributed by atoms with Crippen molar-refractivity contribution in [3.63, 3.8) is 0 Å². The summed E-state index contributed by atoms with van der Waals surface area (Å²) in [6, 6.07) is 1.49. The molecule has 3 N–H and O–H groups in total. The molecular weight excluding hydrogens is 242 g/mol. The Hall–Kier alpha value is -1.11. The number of aromatic nitrogens is 1. The first kappa shape index (κ1) is 14.0. The van der Waals surface area contributed by atoms with Gasteiger partial charge in [-0.2, -0.15) is 0 Å². The number of aromatic amines is 1. The fraction of sp³-hybridized carbons (Fsp3) is 0.455. The standard InChI is InChI=1S/C11H15NO4S/c1-7(14)17-3-2-10(15)11(16)8-4-9(6-13)12-5-8/h4-6,10-12,15-16H,2-3H2,1H3. The molecule has 94 valence electrons. The second-order valence-electron chi connectivity index (χ2n) is 3.65. The smallest absolute Gasteiger partial charge is 0.185 e. The molecule has 0 bridgehead atoms. The number of carbonyl (C=O) groups excluding carboxylic acids is 2. The summed E-state index contributed by atoms with van der Waals surface area (Å²) in [6.07, 6.45) is 0.432. The van der Waals surface area contributed by atoms with Crippen LogP contribution in [0.3, 0.4) is 0 Å². The first-order valence-electron chi connectivity index (χ1n) is 5.17. The SMILES string of the molecule is CC(=O)SCCC(O)C(O)c1c[nH]c(C=O)c1. The lowest BCUT2D eigenvalue weighted by molar-refractivity contribution is -0.109. The Morgan fingerprint density at radius 3 is 2.82 bits per heavy atom. The van der Waals surface area contributed by atoms with Crippen LogP contribution in [0.4, 0.5) is 0 Å². The average molecular weight is 257 g/mol. The van der Waals surface area contributed by atoms with Crippen LogP contribution in [0.1, 0.15) is 35.5 Å². The topological polar surface area (TPSA) is 90.4 Å². The normalized spacial score (nSPS) is 14.3. The molecule has 1 aromatic rings. The molecule has 0 radical (unpaired) electrons. The Morgan fingerprint density at radius 1 is 1.59 bits per heavy atom. The van der Waals surface area contributed by atoms with Gasteiger partial charge in [-0.1, -0.05) is 11.8 Å². The van der Waals surface area contributed by atoms with Crippen molar-refractivity contribution in [3.05, 3.63) is 23.5 Å². The molecule has 0 aromatic carbocycles. The largest absolute Gasteiger partial charge is 0.390 e. The number of carbonyl (C=O) groups is 2. The summed E-state index contributed by atoms with van der Waals surface area (Å²) in [5.74, 6) is 0.457. The summed E-state index contributed by atoms with van der Waals surface area (Å²) in [5, 5.41) is 19.5. The van der Waals surface area contributed by atoms with E-state index in [2.05, 4.69) is 4.98 Å². The van der Waals surface area contributed by atoms with Crippen LogP contribution in [0.5, 0.6) is 0 Å². The molecule has 0 aliphatic heterocycles. The first-order chi connectivity index (χ1) is 8.04. The van der Waals surface area contributed by atoms with E-state index in [0.717, 1.165) is 11.8 Å². The Balaban J connectivity index is 2.48. The highest BCUT2D eigenvalue weighted by atomic mass is 32.2. The number of H-pyrrole nitrogens is 1. The predicted molar refractivity (Wildman–Crippen MR) is 64.9 cm³/mol. The highest BCUT2D eigenvalue weighted by molar-refractivity contribution is 8.13. The van der Waals surface area contributed by atoms with Crippen LogP contribution < -0.4 is 0 Å². The highest BCUT2D eigenvalue weighted by Crippen LogP contribution is 2.20. The van der Waals surface area contributed by atoms with E-state index >= 15 is 0 Å². The van der Waals surface area contributed by atoms with Gasteiger partial charge < -0.3 is 15.2 Å². The van der Waals surface area contributed by atoms with Gasteiger partial charge in [0.05, 0.1) is 11.8 Å². The summed E-state index contributed by atoms with van der Waals surface area (Å²) < 4.78 is 0. The van der Waals surface area contributed by atoms with Gasteiger partial charge in [-0.3, -0.25) is 9.59 Å². The lowest BCUT2D eigenvalue weighted by atomic mass is 10.1. The number of hydrogen-bond acceptors (Lipinski definition) is 5. The van der Waals surface area contributed by atoms with Gasteiger partial charge in [0.25, 0.3) is 0 Å². The minimum atomic E-state index is -1.05. The van der Waals surface area contributed by atoms with Crippen molar-refractivity contribution in [3.8, 4) is 0 Å². The van der Waals surface area contributed by atoms with Gasteiger partial charge in [0, 0.05) is 24.4 Å². The van der Waals surface area contributed by atoms with Crippen molar-refractivity contribution in [1.82, 2.24) is 4.98 Å². The molecule has 0 saturated carbocycles. The summed E-state index contributed by atoms with van der Waals surface area (Å²) in [6.45, 7) is 1.45. The monoisotopic (exact) mass is 257 g/mol. The second kappa shape index (κ2) is 6.58. The van der Waals surface area contributed by atoms with E-state index in [-0.39, 0.29) is 5.12 Å². The van der Waals surface area contributed by atoms with Crippen LogP contribution in [-0.4, -0.2) is 38.5 Å². The van der Waals surface area contributed by atoms with Gasteiger partial charge >= 0.3 is 0 Å². The van der Waals surface area contributed by atoms with Gasteiger partial charge in [0.15, 0.2) is 11.4 Å². The third-order valence-electron chi connectivity index (χ3n) is 2.28. The molecule has 0 fully saturated rings. The molecule has 17 heavy (non-hydrogen) atoms. The Bertz CT molecular complexity index is 391. The molecular formula is C11H15NO4S. The zero-order valence-corrected chi connectivity index (χ0v) is 10.2. The van der Waals surface area contributed by atoms with Crippen LogP contribution in [0, 0.1) is 0 Å². The summed E-state index contributed by atoms with van der Waals surface area (Å²) in [5.41, 5.74) is 0.816. The van der Waals surface area contributed by atoms with Gasteiger partial charge in [-0.05, 0) is 12.5 Å². The third kappa shape index (κ3) is 4.33. The number of hydrogen-bond donors (Lipinski definition) is 3. The van der Waals surface area contributed by atoms with E-state index in [1.165, 1.54) is 19.2 Å². The maximum absolute atomic E-state index is 10.7. The molecule has 0 aliphatic rings. The zero-order chi connectivity index (χ0) is 12.8. The molecule has 0 amide bonds. The lowest BCUT2D eigenvalue weighted by Crippen LogP contribution is -2.18. The number of aldehydes is 1. The molecule has 0 spiro atoms. The summed E-state index contributed by atoms with van der Waals surface area (Å²) >= 11 is 1.11. The van der Waals surface area contributed by atoms with Gasteiger partial charge in [-0.25, -0.2) is 0 Å². The van der Waals surface area contributed by atoms with E-state index in [1.54, 1.807) is 0 Å². The van der Waals surface area contributed by atoms with Crippen LogP contribution in [-0.2, 0) is 4.79 Å². The Labute approximate surface area is 103 Å². The van der Waals surface area contributed by atoms with Crippen molar-refractivity contribution in [2.24, 2.45) is 0 Å². The zero-order valence-electron chi connectivity index (χ0n) is 9.42. The summed E-state index contributed by atoms with van der Waals surface area (Å²) in [4.78, 5) is 23.8. The Kier molecular flexibility index (Phi) is 5.40. The molecule has 0 aliphatic carbocycles. The van der Waals surface area contributed by atoms with E-state index in [1.807, 2.05) is 0 Å². The van der Waals surface area contributed by atoms with Crippen molar-refractivity contribution in [2.45, 2.75) is 25.6 Å². The molecule has 6 heteroatoms. The molecule has 0 saturated heterocycles. The number of thioether (sulfide) groups is 1. The number of nitrogens with one attached hydrogen (secondary N) is 1. The van der Waals surface area contributed by atoms with Crippen molar-refractivity contribution in [1.29, 1.82) is 0 Å². The minimum Gasteiger partial charge on any atom is -0.390 e. The number of rotatable bonds is 6. The van der Waals surface area contributed by atoms with Crippen molar-refractivity contribution < 1.29 is 19.8 Å². The minimum absolute atomic E-state index is 0.0171. The van der Waals surface area contributed by atoms with E-state index in [9.17, 15) is 19.8 Å². The van der Waals surface area contributed by atoms with Crippen molar-refractivity contribution >= 4 is 23.2 Å². The van der Waals surface area contributed by atoms with Crippen LogP contribution >= 0.6 is 11.8 Å². The molecule has 1 rings (SSSR count). The van der Waals surface area contributed by atoms with E-state index in [4.69, 9.17) is 0 Å². The van der Waals surface area contributed by atoms with Gasteiger partial charge in [0.1, 0.15) is 6.10 Å². The maximum Gasteiger partial charge on any atom is 0.185 e. The Morgan fingerprint density at radius 2 is 2.29 bits per heavy atom.